The Morgan fingerprint density at radius 3 is 2.59 bits per heavy atom. The van der Waals surface area contributed by atoms with Gasteiger partial charge in [-0.1, -0.05) is 31.0 Å². The third-order valence-corrected chi connectivity index (χ3v) is 6.66. The lowest BCUT2D eigenvalue weighted by Gasteiger charge is -2.42. The lowest BCUT2D eigenvalue weighted by molar-refractivity contribution is -0.137. The minimum Gasteiger partial charge on any atom is -0.327 e. The van der Waals surface area contributed by atoms with E-state index in [1.165, 1.54) is 12.1 Å². The van der Waals surface area contributed by atoms with Gasteiger partial charge in [0.1, 0.15) is 5.82 Å². The number of benzene rings is 1. The highest BCUT2D eigenvalue weighted by Crippen LogP contribution is 2.41. The number of aromatic nitrogens is 4. The van der Waals surface area contributed by atoms with Gasteiger partial charge in [0.15, 0.2) is 0 Å². The average molecular weight is 492 g/mol. The SMILES string of the molecule is CCC[C@@H]1Cc2c(-c3ccnn3C)nc(C)nc2[C@@H](C)N1C(=O)c1cccc(C(F)(F)F)c1Cl. The van der Waals surface area contributed by atoms with Crippen LogP contribution in [0.25, 0.3) is 11.4 Å². The fourth-order valence-electron chi connectivity index (χ4n) is 4.74. The van der Waals surface area contributed by atoms with Gasteiger partial charge in [-0.2, -0.15) is 18.3 Å². The summed E-state index contributed by atoms with van der Waals surface area (Å²) in [6.07, 6.45) is -1.01. The molecule has 6 nitrogen and oxygen atoms in total. The predicted octanol–water partition coefficient (Wildman–Crippen LogP) is 5.79. The summed E-state index contributed by atoms with van der Waals surface area (Å²) >= 11 is 6.11. The van der Waals surface area contributed by atoms with Gasteiger partial charge < -0.3 is 4.90 Å². The van der Waals surface area contributed by atoms with Crippen LogP contribution in [0.5, 0.6) is 0 Å². The number of carbonyl (C=O) groups is 1. The molecule has 0 radical (unpaired) electrons. The van der Waals surface area contributed by atoms with Crippen LogP contribution in [0.2, 0.25) is 5.02 Å². The molecular weight excluding hydrogens is 467 g/mol. The maximum Gasteiger partial charge on any atom is 0.417 e. The van der Waals surface area contributed by atoms with Crippen LogP contribution in [-0.2, 0) is 19.6 Å². The quantitative estimate of drug-likeness (QED) is 0.463. The van der Waals surface area contributed by atoms with Gasteiger partial charge in [0.25, 0.3) is 5.91 Å². The van der Waals surface area contributed by atoms with E-state index < -0.39 is 28.7 Å². The van der Waals surface area contributed by atoms with E-state index in [1.807, 2.05) is 27.0 Å². The third kappa shape index (κ3) is 4.17. The molecule has 10 heteroatoms. The van der Waals surface area contributed by atoms with Crippen LogP contribution in [0.15, 0.2) is 30.5 Å². The number of alkyl halides is 3. The van der Waals surface area contributed by atoms with Crippen molar-refractivity contribution in [3.8, 4) is 11.4 Å². The Labute approximate surface area is 200 Å². The van der Waals surface area contributed by atoms with E-state index >= 15 is 0 Å². The van der Waals surface area contributed by atoms with Gasteiger partial charge in [0.2, 0.25) is 0 Å². The molecule has 1 aliphatic heterocycles. The van der Waals surface area contributed by atoms with Crippen molar-refractivity contribution in [2.24, 2.45) is 7.05 Å². The molecule has 1 aromatic carbocycles. The number of amides is 1. The van der Waals surface area contributed by atoms with E-state index in [1.54, 1.807) is 22.7 Å². The van der Waals surface area contributed by atoms with Crippen molar-refractivity contribution < 1.29 is 18.0 Å². The highest BCUT2D eigenvalue weighted by molar-refractivity contribution is 6.34. The Morgan fingerprint density at radius 2 is 1.97 bits per heavy atom. The van der Waals surface area contributed by atoms with Gasteiger partial charge in [0.05, 0.1) is 39.3 Å². The molecule has 4 rings (SSSR count). The molecule has 0 saturated heterocycles. The maximum atomic E-state index is 13.7. The normalized spacial score (nSPS) is 18.2. The van der Waals surface area contributed by atoms with E-state index in [-0.39, 0.29) is 11.6 Å². The van der Waals surface area contributed by atoms with Crippen LogP contribution < -0.4 is 0 Å². The maximum absolute atomic E-state index is 13.7. The topological polar surface area (TPSA) is 63.9 Å². The molecule has 34 heavy (non-hydrogen) atoms. The van der Waals surface area contributed by atoms with Gasteiger partial charge in [-0.05, 0) is 44.9 Å². The number of halogens is 4. The molecule has 0 aliphatic carbocycles. The molecule has 0 saturated carbocycles. The van der Waals surface area contributed by atoms with Gasteiger partial charge in [-0.3, -0.25) is 9.48 Å². The molecule has 0 spiro atoms. The van der Waals surface area contributed by atoms with Crippen LogP contribution in [0.4, 0.5) is 13.2 Å². The molecule has 3 heterocycles. The number of carbonyl (C=O) groups excluding carboxylic acids is 1. The molecular formula is C24H25ClF3N5O. The van der Waals surface area contributed by atoms with E-state index in [9.17, 15) is 18.0 Å². The van der Waals surface area contributed by atoms with E-state index in [2.05, 4.69) is 15.1 Å². The Morgan fingerprint density at radius 1 is 1.24 bits per heavy atom. The number of fused-ring (bicyclic) bond motifs is 1. The average Bonchev–Trinajstić information content (AvgIpc) is 3.19. The Hall–Kier alpha value is -2.94. The first-order chi connectivity index (χ1) is 16.0. The van der Waals surface area contributed by atoms with Crippen LogP contribution >= 0.6 is 11.6 Å². The standard InChI is InChI=1S/C24H25ClF3N5O/c1-5-7-15-12-17-21(30-14(3)31-22(17)19-10-11-29-32(19)4)13(2)33(15)23(34)16-8-6-9-18(20(16)25)24(26,27)28/h6,8-11,13,15H,5,7,12H2,1-4H3/t13-,15-/m1/s1. The number of hydrogen-bond acceptors (Lipinski definition) is 4. The largest absolute Gasteiger partial charge is 0.417 e. The van der Waals surface area contributed by atoms with Crippen molar-refractivity contribution >= 4 is 17.5 Å². The van der Waals surface area contributed by atoms with Gasteiger partial charge >= 0.3 is 6.18 Å². The van der Waals surface area contributed by atoms with E-state index in [0.29, 0.717) is 24.4 Å². The lowest BCUT2D eigenvalue weighted by Crippen LogP contribution is -2.47. The first-order valence-corrected chi connectivity index (χ1v) is 11.5. The van der Waals surface area contributed by atoms with Crippen LogP contribution in [0.1, 0.15) is 65.7 Å². The second-order valence-corrected chi connectivity index (χ2v) is 8.90. The molecule has 2 atom stereocenters. The smallest absolute Gasteiger partial charge is 0.327 e. The summed E-state index contributed by atoms with van der Waals surface area (Å²) in [7, 11) is 1.83. The fourth-order valence-corrected chi connectivity index (χ4v) is 5.05. The summed E-state index contributed by atoms with van der Waals surface area (Å²) in [5, 5.41) is 3.67. The zero-order chi connectivity index (χ0) is 24.8. The predicted molar refractivity (Wildman–Crippen MR) is 122 cm³/mol. The van der Waals surface area contributed by atoms with Crippen molar-refractivity contribution in [1.82, 2.24) is 24.6 Å². The van der Waals surface area contributed by atoms with Gasteiger partial charge in [0, 0.05) is 24.8 Å². The van der Waals surface area contributed by atoms with Crippen molar-refractivity contribution in [3.05, 3.63) is 63.7 Å². The Kier molecular flexibility index (Phi) is 6.42. The number of hydrogen-bond donors (Lipinski definition) is 0. The third-order valence-electron chi connectivity index (χ3n) is 6.25. The van der Waals surface area contributed by atoms with Crippen LogP contribution in [-0.4, -0.2) is 36.6 Å². The molecule has 3 aromatic rings. The number of nitrogens with zero attached hydrogens (tertiary/aromatic N) is 5. The summed E-state index contributed by atoms with van der Waals surface area (Å²) in [5.74, 6) is 0.00582. The molecule has 0 bridgehead atoms. The highest BCUT2D eigenvalue weighted by atomic mass is 35.5. The highest BCUT2D eigenvalue weighted by Gasteiger charge is 2.40. The summed E-state index contributed by atoms with van der Waals surface area (Å²) in [6.45, 7) is 5.63. The summed E-state index contributed by atoms with van der Waals surface area (Å²) in [6, 6.07) is 4.59. The summed E-state index contributed by atoms with van der Waals surface area (Å²) in [4.78, 5) is 24.6. The zero-order valence-corrected chi connectivity index (χ0v) is 20.1. The molecule has 1 amide bonds. The molecule has 1 aliphatic rings. The monoisotopic (exact) mass is 491 g/mol. The molecule has 180 valence electrons. The molecule has 0 unspecified atom stereocenters. The second kappa shape index (κ2) is 9.02. The van der Waals surface area contributed by atoms with Crippen molar-refractivity contribution in [2.45, 2.75) is 58.3 Å². The molecule has 0 N–H and O–H groups in total. The molecule has 2 aromatic heterocycles. The van der Waals surface area contributed by atoms with Crippen molar-refractivity contribution in [2.75, 3.05) is 0 Å². The van der Waals surface area contributed by atoms with Gasteiger partial charge in [-0.25, -0.2) is 9.97 Å². The minimum absolute atomic E-state index is 0.162. The Balaban J connectivity index is 1.84. The first kappa shape index (κ1) is 24.2. The first-order valence-electron chi connectivity index (χ1n) is 11.1. The summed E-state index contributed by atoms with van der Waals surface area (Å²) in [5.41, 5.74) is 2.04. The van der Waals surface area contributed by atoms with Crippen LogP contribution in [0, 0.1) is 6.92 Å². The second-order valence-electron chi connectivity index (χ2n) is 8.52. The van der Waals surface area contributed by atoms with E-state index in [4.69, 9.17) is 11.6 Å². The number of rotatable bonds is 4. The summed E-state index contributed by atoms with van der Waals surface area (Å²) < 4.78 is 42.0. The van der Waals surface area contributed by atoms with Crippen LogP contribution in [0.3, 0.4) is 0 Å². The van der Waals surface area contributed by atoms with Crippen molar-refractivity contribution in [3.63, 3.8) is 0 Å². The van der Waals surface area contributed by atoms with E-state index in [0.717, 1.165) is 29.4 Å². The van der Waals surface area contributed by atoms with Gasteiger partial charge in [-0.15, -0.1) is 0 Å². The zero-order valence-electron chi connectivity index (χ0n) is 19.3. The Bertz CT molecular complexity index is 1240. The lowest BCUT2D eigenvalue weighted by atomic mass is 9.87. The number of aryl methyl sites for hydroxylation is 2. The molecule has 0 fully saturated rings. The van der Waals surface area contributed by atoms with Crippen molar-refractivity contribution in [1.29, 1.82) is 0 Å². The minimum atomic E-state index is -4.65. The fraction of sp³-hybridized carbons (Fsp3) is 0.417.